The number of carbonyl (C=O) groups is 2. The normalized spacial score (nSPS) is 31.5. The van der Waals surface area contributed by atoms with Gasteiger partial charge in [-0.15, -0.1) is 0 Å². The summed E-state index contributed by atoms with van der Waals surface area (Å²) in [6, 6.07) is -1.15. The molecule has 33 heavy (non-hydrogen) atoms. The number of hydrogen-bond donors (Lipinski definition) is 7. The van der Waals surface area contributed by atoms with Crippen LogP contribution < -0.4 is 5.73 Å². The summed E-state index contributed by atoms with van der Waals surface area (Å²) in [6.07, 6.45) is -7.24. The van der Waals surface area contributed by atoms with E-state index in [-0.39, 0.29) is 0 Å². The number of rotatable bonds is 8. The molecule has 3 amide bonds. The molecule has 0 aromatic rings. The molecule has 0 bridgehead atoms. The summed E-state index contributed by atoms with van der Waals surface area (Å²) in [5, 5.41) is 20.4. The quantitative estimate of drug-likeness (QED) is 0.151. The lowest BCUT2D eigenvalue weighted by molar-refractivity contribution is -0.111. The first-order valence-corrected chi connectivity index (χ1v) is 12.7. The van der Waals surface area contributed by atoms with E-state index in [2.05, 4.69) is 28.1 Å². The van der Waals surface area contributed by atoms with E-state index in [1.54, 1.807) is 0 Å². The summed E-state index contributed by atoms with van der Waals surface area (Å²) < 4.78 is 50.3. The Hall–Kier alpha value is -1.76. The molecule has 0 aliphatic carbocycles. The molecule has 23 heteroatoms. The predicted molar refractivity (Wildman–Crippen MR) is 99.2 cm³/mol. The lowest BCUT2D eigenvalue weighted by Gasteiger charge is -2.26. The summed E-state index contributed by atoms with van der Waals surface area (Å²) >= 11 is 0. The molecule has 0 spiro atoms. The maximum Gasteiger partial charge on any atom is 0.490 e. The highest BCUT2D eigenvalue weighted by Gasteiger charge is 2.53. The zero-order chi connectivity index (χ0) is 24.9. The van der Waals surface area contributed by atoms with Gasteiger partial charge in [-0.2, -0.15) is 23.6 Å². The van der Waals surface area contributed by atoms with E-state index >= 15 is 0 Å². The highest BCUT2D eigenvalue weighted by Crippen LogP contribution is 2.66. The predicted octanol–water partition coefficient (Wildman–Crippen LogP) is -3.09. The van der Waals surface area contributed by atoms with Crippen molar-refractivity contribution in [2.75, 3.05) is 6.61 Å². The molecule has 3 rings (SSSR count). The van der Waals surface area contributed by atoms with Crippen LogP contribution in [0.25, 0.3) is 0 Å². The molecule has 0 aromatic carbocycles. The second-order valence-electron chi connectivity index (χ2n) is 6.26. The maximum atomic E-state index is 12.2. The zero-order valence-corrected chi connectivity index (χ0v) is 18.3. The molecule has 1 saturated heterocycles. The fourth-order valence-corrected chi connectivity index (χ4v) is 5.76. The van der Waals surface area contributed by atoms with Crippen molar-refractivity contribution in [3.8, 4) is 0 Å². The van der Waals surface area contributed by atoms with Crippen molar-refractivity contribution < 1.29 is 71.0 Å². The largest absolute Gasteiger partial charge is 0.490 e. The number of phosphoric ester groups is 1. The zero-order valence-electron chi connectivity index (χ0n) is 15.6. The van der Waals surface area contributed by atoms with E-state index in [9.17, 15) is 38.4 Å². The Morgan fingerprint density at radius 1 is 0.970 bits per heavy atom. The molecule has 20 nitrogen and oxygen atoms in total. The number of aliphatic hydroxyl groups is 2. The van der Waals surface area contributed by atoms with Crippen molar-refractivity contribution in [2.45, 2.75) is 24.5 Å². The Kier molecular flexibility index (Phi) is 6.89. The molecule has 2 unspecified atom stereocenters. The minimum Gasteiger partial charge on any atom is -0.387 e. The van der Waals surface area contributed by atoms with Crippen LogP contribution in [0.4, 0.5) is 4.79 Å². The van der Waals surface area contributed by atoms with Crippen molar-refractivity contribution in [2.24, 2.45) is 20.7 Å². The van der Waals surface area contributed by atoms with Gasteiger partial charge in [0.25, 0.3) is 0 Å². The standard InChI is InChI=1S/C10H14N5O15P3/c11-9-13-6-3(7(18)14-9)12-10(19)15(6)8-5(17)4(16)2(28-8)1-27-32(23,24)30-33(25,26)29-31(20,21)22/h2,4-5,8,16-17H,1H2,(H,23,24)(H,25,26)(H2,11,14,18)(H2,20,21,22)/t2-,4-,5-,8-/m1/s1. The number of amides is 3. The van der Waals surface area contributed by atoms with E-state index in [0.29, 0.717) is 4.90 Å². The van der Waals surface area contributed by atoms with Crippen LogP contribution in [0.3, 0.4) is 0 Å². The van der Waals surface area contributed by atoms with E-state index < -0.39 is 84.1 Å². The molecular formula is C10H14N5O15P3. The monoisotopic (exact) mass is 537 g/mol. The average molecular weight is 537 g/mol. The Balaban J connectivity index is 1.69. The lowest BCUT2D eigenvalue weighted by atomic mass is 10.1. The molecule has 1 fully saturated rings. The highest BCUT2D eigenvalue weighted by molar-refractivity contribution is 7.66. The number of hydrogen-bond acceptors (Lipinski definition) is 13. The summed E-state index contributed by atoms with van der Waals surface area (Å²) in [6.45, 7) is -1.12. The molecule has 0 radical (unpaired) electrons. The minimum absolute atomic E-state index is 0.442. The summed E-state index contributed by atoms with van der Waals surface area (Å²) in [7, 11) is -16.9. The van der Waals surface area contributed by atoms with Crippen LogP contribution in [0, 0.1) is 0 Å². The van der Waals surface area contributed by atoms with Crippen LogP contribution in [-0.2, 0) is 36.4 Å². The number of urea groups is 1. The number of aliphatic imine (C=N–C) groups is 3. The van der Waals surface area contributed by atoms with Crippen molar-refractivity contribution in [1.82, 2.24) is 4.90 Å². The number of amidine groups is 1. The second kappa shape index (κ2) is 8.79. The van der Waals surface area contributed by atoms with Gasteiger partial charge < -0.3 is 40.3 Å². The molecule has 3 aliphatic heterocycles. The van der Waals surface area contributed by atoms with E-state index in [1.807, 2.05) is 0 Å². The van der Waals surface area contributed by atoms with Crippen molar-refractivity contribution in [3.05, 3.63) is 0 Å². The molecule has 3 heterocycles. The molecule has 184 valence electrons. The number of ether oxygens (including phenoxy) is 1. The van der Waals surface area contributed by atoms with Crippen LogP contribution in [-0.4, -0.2) is 95.3 Å². The molecule has 8 N–H and O–H groups in total. The number of nitrogens with two attached hydrogens (primary N) is 1. The summed E-state index contributed by atoms with van der Waals surface area (Å²) in [5.74, 6) is -1.99. The van der Waals surface area contributed by atoms with E-state index in [1.165, 1.54) is 0 Å². The van der Waals surface area contributed by atoms with Gasteiger partial charge in [-0.3, -0.25) is 9.32 Å². The van der Waals surface area contributed by atoms with E-state index in [4.69, 9.17) is 25.2 Å². The number of nitrogens with zero attached hydrogens (tertiary/aromatic N) is 4. The lowest BCUT2D eigenvalue weighted by Crippen LogP contribution is -2.50. The van der Waals surface area contributed by atoms with Crippen LogP contribution in [0.1, 0.15) is 0 Å². The topological polar surface area (TPSA) is 310 Å². The fraction of sp³-hybridized carbons (Fsp3) is 0.500. The van der Waals surface area contributed by atoms with Gasteiger partial charge in [0.1, 0.15) is 18.3 Å². The van der Waals surface area contributed by atoms with Crippen LogP contribution >= 0.6 is 23.5 Å². The van der Waals surface area contributed by atoms with Gasteiger partial charge in [0.2, 0.25) is 5.96 Å². The van der Waals surface area contributed by atoms with Gasteiger partial charge in [-0.1, -0.05) is 0 Å². The highest BCUT2D eigenvalue weighted by atomic mass is 31.3. The van der Waals surface area contributed by atoms with Crippen LogP contribution in [0.15, 0.2) is 15.0 Å². The first-order valence-electron chi connectivity index (χ1n) is 8.19. The smallest absolute Gasteiger partial charge is 0.387 e. The van der Waals surface area contributed by atoms with Crippen molar-refractivity contribution in [3.63, 3.8) is 0 Å². The molecule has 0 saturated carbocycles. The summed E-state index contributed by atoms with van der Waals surface area (Å²) in [4.78, 5) is 70.5. The van der Waals surface area contributed by atoms with Crippen molar-refractivity contribution >= 4 is 52.9 Å². The SMILES string of the molecule is NC1=NC(=O)C2=NC(=O)N([C@@H]3O[C@H](COP(=O)(O)OP(=O)(O)OP(=O)(O)O)[C@@H](O)[C@H]3O)C2=N1. The number of fused-ring (bicyclic) bond motifs is 1. The maximum absolute atomic E-state index is 12.2. The Labute approximate surface area is 181 Å². The Morgan fingerprint density at radius 3 is 2.21 bits per heavy atom. The molecule has 3 aliphatic rings. The summed E-state index contributed by atoms with van der Waals surface area (Å²) in [5.41, 5.74) is 4.84. The molecule has 6 atom stereocenters. The Bertz CT molecular complexity index is 1110. The van der Waals surface area contributed by atoms with E-state index in [0.717, 1.165) is 0 Å². The van der Waals surface area contributed by atoms with Crippen LogP contribution in [0.2, 0.25) is 0 Å². The number of phosphoric acid groups is 3. The molecular weight excluding hydrogens is 523 g/mol. The number of aliphatic hydroxyl groups excluding tert-OH is 2. The first-order chi connectivity index (χ1) is 15.0. The minimum atomic E-state index is -5.78. The van der Waals surface area contributed by atoms with Crippen molar-refractivity contribution in [1.29, 1.82) is 0 Å². The molecule has 0 aromatic heterocycles. The fourth-order valence-electron chi connectivity index (χ4n) is 2.73. The van der Waals surface area contributed by atoms with Gasteiger partial charge >= 0.3 is 35.4 Å². The third-order valence-electron chi connectivity index (χ3n) is 3.90. The second-order valence-corrected chi connectivity index (χ2v) is 10.7. The van der Waals surface area contributed by atoms with Gasteiger partial charge in [-0.25, -0.2) is 23.4 Å². The van der Waals surface area contributed by atoms with Gasteiger partial charge in [0.05, 0.1) is 6.61 Å². The first kappa shape index (κ1) is 25.9. The number of guanidine groups is 1. The van der Waals surface area contributed by atoms with Gasteiger partial charge in [0, 0.05) is 0 Å². The van der Waals surface area contributed by atoms with Gasteiger partial charge in [-0.05, 0) is 0 Å². The third-order valence-corrected chi connectivity index (χ3v) is 7.70. The number of carbonyl (C=O) groups excluding carboxylic acids is 2. The Morgan fingerprint density at radius 2 is 1.61 bits per heavy atom. The average Bonchev–Trinajstić information content (AvgIpc) is 3.07. The van der Waals surface area contributed by atoms with Crippen LogP contribution in [0.5, 0.6) is 0 Å². The van der Waals surface area contributed by atoms with Gasteiger partial charge in [0.15, 0.2) is 17.8 Å². The third kappa shape index (κ3) is 5.84.